The van der Waals surface area contributed by atoms with Gasteiger partial charge in [0.1, 0.15) is 0 Å². The van der Waals surface area contributed by atoms with Crippen LogP contribution in [0, 0.1) is 0 Å². The highest BCUT2D eigenvalue weighted by molar-refractivity contribution is 8.26. The summed E-state index contributed by atoms with van der Waals surface area (Å²) in [6.45, 7) is 0. The molecular formula is C24H14N2O2S2. The third-order valence-corrected chi connectivity index (χ3v) is 6.31. The molecule has 0 spiro atoms. The number of fused-ring (bicyclic) bond motifs is 2. The number of thiocarbonyl (C=S) groups is 1. The molecule has 0 bridgehead atoms. The smallest absolute Gasteiger partial charge is 0.268 e. The molecule has 0 unspecified atom stereocenters. The number of thioether (sulfide) groups is 1. The van der Waals surface area contributed by atoms with Crippen molar-refractivity contribution in [3.63, 3.8) is 0 Å². The van der Waals surface area contributed by atoms with Crippen molar-refractivity contribution in [3.8, 4) is 0 Å². The van der Waals surface area contributed by atoms with E-state index in [1.165, 1.54) is 12.4 Å². The van der Waals surface area contributed by atoms with E-state index in [-0.39, 0.29) is 4.32 Å². The van der Waals surface area contributed by atoms with Gasteiger partial charge in [-0.2, -0.15) is 0 Å². The average molecular weight is 427 g/mol. The van der Waals surface area contributed by atoms with Gasteiger partial charge in [0.2, 0.25) is 0 Å². The predicted molar refractivity (Wildman–Crippen MR) is 125 cm³/mol. The molecule has 0 saturated carbocycles. The second kappa shape index (κ2) is 7.48. The normalized spacial score (nSPS) is 15.5. The number of pyridine rings is 1. The molecule has 2 heterocycles. The van der Waals surface area contributed by atoms with Crippen LogP contribution in [0.15, 0.2) is 84.0 Å². The minimum atomic E-state index is -0.439. The molecule has 4 nitrogen and oxygen atoms in total. The Kier molecular flexibility index (Phi) is 4.65. The molecule has 4 aromatic rings. The minimum Gasteiger partial charge on any atom is -0.268 e. The lowest BCUT2D eigenvalue weighted by atomic mass is 9.96. The number of benzene rings is 3. The molecule has 2 amide bonds. The lowest BCUT2D eigenvalue weighted by molar-refractivity contribution is -0.120. The molecule has 5 rings (SSSR count). The molecule has 1 saturated heterocycles. The zero-order valence-corrected chi connectivity index (χ0v) is 17.2. The number of hydrogen-bond donors (Lipinski definition) is 0. The highest BCUT2D eigenvalue weighted by Gasteiger charge is 2.37. The number of hydrogen-bond acceptors (Lipinski definition) is 5. The Morgan fingerprint density at radius 3 is 2.17 bits per heavy atom. The Bertz CT molecular complexity index is 1330. The molecular weight excluding hydrogens is 412 g/mol. The highest BCUT2D eigenvalue weighted by Crippen LogP contribution is 2.37. The van der Waals surface area contributed by atoms with Crippen LogP contribution in [0.4, 0.5) is 0 Å². The summed E-state index contributed by atoms with van der Waals surface area (Å²) in [7, 11) is 0. The van der Waals surface area contributed by atoms with Crippen LogP contribution in [0.25, 0.3) is 27.6 Å². The summed E-state index contributed by atoms with van der Waals surface area (Å²) in [4.78, 5) is 31.4. The van der Waals surface area contributed by atoms with Crippen molar-refractivity contribution in [2.45, 2.75) is 0 Å². The van der Waals surface area contributed by atoms with Gasteiger partial charge in [0, 0.05) is 18.0 Å². The topological polar surface area (TPSA) is 50.3 Å². The van der Waals surface area contributed by atoms with E-state index < -0.39 is 11.8 Å². The first-order valence-electron chi connectivity index (χ1n) is 9.26. The maximum Gasteiger partial charge on any atom is 0.273 e. The average Bonchev–Trinajstić information content (AvgIpc) is 3.06. The van der Waals surface area contributed by atoms with Crippen molar-refractivity contribution in [3.05, 3.63) is 95.2 Å². The number of carbonyl (C=O) groups is 2. The molecule has 6 heteroatoms. The molecule has 1 fully saturated rings. The van der Waals surface area contributed by atoms with E-state index in [1.807, 2.05) is 42.5 Å². The number of aromatic nitrogens is 1. The van der Waals surface area contributed by atoms with Crippen LogP contribution in [0.2, 0.25) is 0 Å². The Morgan fingerprint density at radius 1 is 0.933 bits per heavy atom. The van der Waals surface area contributed by atoms with Gasteiger partial charge >= 0.3 is 0 Å². The van der Waals surface area contributed by atoms with Crippen LogP contribution in [-0.4, -0.2) is 26.0 Å². The third-order valence-electron chi connectivity index (χ3n) is 5.01. The minimum absolute atomic E-state index is 0.234. The SMILES string of the molecule is O=C1/C(=C\c2c3ccccc3cc3ccccc23)SC(=S)N1C(=O)c1ccncc1. The second-order valence-electron chi connectivity index (χ2n) is 6.79. The molecule has 144 valence electrons. The van der Waals surface area contributed by atoms with Crippen LogP contribution in [0.1, 0.15) is 15.9 Å². The number of rotatable bonds is 2. The molecule has 1 aromatic heterocycles. The molecule has 3 aromatic carbocycles. The Morgan fingerprint density at radius 2 is 1.53 bits per heavy atom. The fraction of sp³-hybridized carbons (Fsp3) is 0. The molecule has 1 aliphatic heterocycles. The van der Waals surface area contributed by atoms with Crippen LogP contribution >= 0.6 is 24.0 Å². The summed E-state index contributed by atoms with van der Waals surface area (Å²) in [5.74, 6) is -0.838. The molecule has 0 atom stereocenters. The number of carbonyl (C=O) groups excluding carboxylic acids is 2. The Hall–Kier alpha value is -3.35. The Labute approximate surface area is 182 Å². The maximum atomic E-state index is 13.1. The van der Waals surface area contributed by atoms with E-state index in [2.05, 4.69) is 23.2 Å². The number of imide groups is 1. The van der Waals surface area contributed by atoms with Gasteiger partial charge in [0.15, 0.2) is 4.32 Å². The standard InChI is InChI=1S/C24H14N2O2S2/c27-22(15-9-11-25-12-10-15)26-23(28)21(30-24(26)29)14-20-18-7-3-1-5-16(18)13-17-6-2-4-8-19(17)20/h1-14H/b21-14+. The van der Waals surface area contributed by atoms with Crippen LogP contribution in [0.3, 0.4) is 0 Å². The number of amides is 2. The van der Waals surface area contributed by atoms with E-state index in [0.29, 0.717) is 10.5 Å². The van der Waals surface area contributed by atoms with E-state index in [1.54, 1.807) is 12.1 Å². The summed E-state index contributed by atoms with van der Waals surface area (Å²) >= 11 is 6.52. The van der Waals surface area contributed by atoms with Crippen molar-refractivity contribution in [2.24, 2.45) is 0 Å². The van der Waals surface area contributed by atoms with Crippen molar-refractivity contribution < 1.29 is 9.59 Å². The fourth-order valence-electron chi connectivity index (χ4n) is 3.60. The van der Waals surface area contributed by atoms with Crippen molar-refractivity contribution >= 4 is 67.7 Å². The Balaban J connectivity index is 1.64. The summed E-state index contributed by atoms with van der Waals surface area (Å²) in [5, 5.41) is 4.26. The summed E-state index contributed by atoms with van der Waals surface area (Å²) in [5.41, 5.74) is 1.32. The maximum absolute atomic E-state index is 13.1. The van der Waals surface area contributed by atoms with E-state index in [9.17, 15) is 9.59 Å². The monoisotopic (exact) mass is 426 g/mol. The van der Waals surface area contributed by atoms with Gasteiger partial charge in [0.05, 0.1) is 4.91 Å². The zero-order valence-electron chi connectivity index (χ0n) is 15.6. The van der Waals surface area contributed by atoms with E-state index in [0.717, 1.165) is 43.8 Å². The van der Waals surface area contributed by atoms with E-state index >= 15 is 0 Å². The largest absolute Gasteiger partial charge is 0.273 e. The van der Waals surface area contributed by atoms with Gasteiger partial charge in [0.25, 0.3) is 11.8 Å². The lowest BCUT2D eigenvalue weighted by Gasteiger charge is -2.12. The van der Waals surface area contributed by atoms with Crippen LogP contribution in [-0.2, 0) is 4.79 Å². The quantitative estimate of drug-likeness (QED) is 0.185. The molecule has 1 aliphatic rings. The first-order valence-corrected chi connectivity index (χ1v) is 10.5. The predicted octanol–water partition coefficient (Wildman–Crippen LogP) is 5.43. The molecule has 0 N–H and O–H groups in total. The van der Waals surface area contributed by atoms with Crippen molar-refractivity contribution in [1.29, 1.82) is 0 Å². The lowest BCUT2D eigenvalue weighted by Crippen LogP contribution is -2.34. The van der Waals surface area contributed by atoms with Crippen molar-refractivity contribution in [1.82, 2.24) is 9.88 Å². The van der Waals surface area contributed by atoms with Crippen LogP contribution in [0.5, 0.6) is 0 Å². The summed E-state index contributed by atoms with van der Waals surface area (Å²) in [6.07, 6.45) is 4.88. The zero-order chi connectivity index (χ0) is 20.7. The first kappa shape index (κ1) is 18.7. The fourth-order valence-corrected chi connectivity index (χ4v) is 4.84. The molecule has 30 heavy (non-hydrogen) atoms. The van der Waals surface area contributed by atoms with Gasteiger partial charge in [-0.1, -0.05) is 72.5 Å². The third kappa shape index (κ3) is 3.10. The number of nitrogens with zero attached hydrogens (tertiary/aromatic N) is 2. The first-order chi connectivity index (χ1) is 14.6. The summed E-state index contributed by atoms with van der Waals surface area (Å²) < 4.78 is 0.234. The van der Waals surface area contributed by atoms with Gasteiger partial charge in [-0.25, -0.2) is 4.90 Å². The van der Waals surface area contributed by atoms with Gasteiger partial charge in [-0.05, 0) is 51.4 Å². The highest BCUT2D eigenvalue weighted by atomic mass is 32.2. The van der Waals surface area contributed by atoms with Crippen molar-refractivity contribution in [2.75, 3.05) is 0 Å². The van der Waals surface area contributed by atoms with Gasteiger partial charge < -0.3 is 0 Å². The second-order valence-corrected chi connectivity index (χ2v) is 8.47. The molecule has 0 radical (unpaired) electrons. The van der Waals surface area contributed by atoms with Gasteiger partial charge in [-0.15, -0.1) is 0 Å². The molecule has 0 aliphatic carbocycles. The van der Waals surface area contributed by atoms with E-state index in [4.69, 9.17) is 12.2 Å². The van der Waals surface area contributed by atoms with Gasteiger partial charge in [-0.3, -0.25) is 14.6 Å². The summed E-state index contributed by atoms with van der Waals surface area (Å²) in [6, 6.07) is 21.4. The van der Waals surface area contributed by atoms with Crippen LogP contribution < -0.4 is 0 Å².